The molecule has 11 nitrogen and oxygen atoms in total. The summed E-state index contributed by atoms with van der Waals surface area (Å²) in [5.74, 6) is -4.11. The van der Waals surface area contributed by atoms with E-state index in [2.05, 4.69) is 23.1 Å². The van der Waals surface area contributed by atoms with E-state index >= 15 is 0 Å². The van der Waals surface area contributed by atoms with Crippen molar-refractivity contribution in [2.24, 2.45) is 11.7 Å². The second-order valence-electron chi connectivity index (χ2n) is 11.5. The summed E-state index contributed by atoms with van der Waals surface area (Å²) in [5, 5.41) is 33.8. The summed E-state index contributed by atoms with van der Waals surface area (Å²) in [5.41, 5.74) is 7.31. The lowest BCUT2D eigenvalue weighted by molar-refractivity contribution is -0.170. The molecule has 2 heterocycles. The molecule has 3 aromatic carbocycles. The highest BCUT2D eigenvalue weighted by molar-refractivity contribution is 5.91. The molecule has 1 saturated heterocycles. The number of aliphatic carboxylic acids is 3. The van der Waals surface area contributed by atoms with Gasteiger partial charge in [-0.3, -0.25) is 14.4 Å². The van der Waals surface area contributed by atoms with Crippen LogP contribution in [0.3, 0.4) is 0 Å². The number of fused-ring (bicyclic) bond motifs is 1. The van der Waals surface area contributed by atoms with Gasteiger partial charge in [0.05, 0.1) is 19.4 Å². The number of carbonyl (C=O) groups excluding carboxylic acids is 1. The highest BCUT2D eigenvalue weighted by Gasteiger charge is 2.49. The first-order chi connectivity index (χ1) is 21.5. The van der Waals surface area contributed by atoms with Crippen molar-refractivity contribution in [2.45, 2.75) is 43.1 Å². The molecule has 238 valence electrons. The lowest BCUT2D eigenvalue weighted by Gasteiger charge is -2.37. The van der Waals surface area contributed by atoms with Crippen molar-refractivity contribution in [3.63, 3.8) is 0 Å². The van der Waals surface area contributed by atoms with E-state index in [4.69, 9.17) is 30.9 Å². The van der Waals surface area contributed by atoms with Gasteiger partial charge in [-0.25, -0.2) is 4.79 Å². The minimum absolute atomic E-state index is 0.137. The number of primary amides is 1. The van der Waals surface area contributed by atoms with E-state index < -0.39 is 41.8 Å². The summed E-state index contributed by atoms with van der Waals surface area (Å²) in [6.07, 6.45) is 0.665. The zero-order valence-electron chi connectivity index (χ0n) is 24.8. The summed E-state index contributed by atoms with van der Waals surface area (Å²) in [7, 11) is 0. The van der Waals surface area contributed by atoms with Crippen LogP contribution in [0.5, 0.6) is 5.75 Å². The van der Waals surface area contributed by atoms with Gasteiger partial charge in [0.15, 0.2) is 5.60 Å². The van der Waals surface area contributed by atoms with Crippen molar-refractivity contribution in [1.82, 2.24) is 4.90 Å². The van der Waals surface area contributed by atoms with Crippen LogP contribution in [0.4, 0.5) is 0 Å². The molecule has 45 heavy (non-hydrogen) atoms. The molecule has 5 rings (SSSR count). The van der Waals surface area contributed by atoms with Crippen molar-refractivity contribution in [2.75, 3.05) is 26.2 Å². The zero-order valence-corrected chi connectivity index (χ0v) is 24.8. The Labute approximate surface area is 260 Å². The van der Waals surface area contributed by atoms with Crippen molar-refractivity contribution in [1.29, 1.82) is 0 Å². The topological polar surface area (TPSA) is 188 Å². The summed E-state index contributed by atoms with van der Waals surface area (Å²) < 4.78 is 5.64. The number of likely N-dealkylation sites (tertiary alicyclic amines) is 1. The Morgan fingerprint density at radius 3 is 1.96 bits per heavy atom. The number of nitrogens with two attached hydrogens (primary N) is 1. The molecule has 0 spiro atoms. The van der Waals surface area contributed by atoms with E-state index in [0.29, 0.717) is 0 Å². The van der Waals surface area contributed by atoms with Crippen LogP contribution in [0.2, 0.25) is 0 Å². The van der Waals surface area contributed by atoms with Gasteiger partial charge in [0.2, 0.25) is 5.91 Å². The summed E-state index contributed by atoms with van der Waals surface area (Å²) >= 11 is 0. The third-order valence-electron chi connectivity index (χ3n) is 8.49. The number of carboxylic acids is 3. The standard InChI is InChI=1S/C28H30N2O2.C6H8O7/c29-27(31)28(23-7-3-1-4-8-23,24-9-5-2-6-10-24)25-14-17-30(20-25)16-13-21-11-12-26-22(19-21)15-18-32-26;7-3(8)1-6(13,5(11)12)2-4(9)10/h1-12,19,25H,13-18,20H2,(H2,29,31);13H,1-2H2,(H,7,8)(H,9,10)(H,11,12)/t25-;/m1./s1. The molecular formula is C34H38N2O9. The first-order valence-corrected chi connectivity index (χ1v) is 14.7. The molecule has 6 N–H and O–H groups in total. The molecule has 1 amide bonds. The fourth-order valence-electron chi connectivity index (χ4n) is 6.31. The number of hydrogen-bond acceptors (Lipinski definition) is 7. The van der Waals surface area contributed by atoms with E-state index in [1.165, 1.54) is 11.1 Å². The molecule has 2 aliphatic heterocycles. The van der Waals surface area contributed by atoms with Crippen molar-refractivity contribution >= 4 is 23.8 Å². The quantitative estimate of drug-likeness (QED) is 0.202. The van der Waals surface area contributed by atoms with Gasteiger partial charge >= 0.3 is 17.9 Å². The van der Waals surface area contributed by atoms with Crippen LogP contribution in [-0.2, 0) is 37.4 Å². The van der Waals surface area contributed by atoms with Gasteiger partial charge in [-0.1, -0.05) is 72.8 Å². The Kier molecular flexibility index (Phi) is 10.6. The largest absolute Gasteiger partial charge is 0.493 e. The molecule has 0 radical (unpaired) electrons. The molecule has 0 bridgehead atoms. The fourth-order valence-corrected chi connectivity index (χ4v) is 6.31. The Hall–Kier alpha value is -4.74. The Morgan fingerprint density at radius 2 is 1.44 bits per heavy atom. The van der Waals surface area contributed by atoms with E-state index in [-0.39, 0.29) is 11.8 Å². The molecule has 0 aliphatic carbocycles. The number of carboxylic acid groups (broad SMARTS) is 3. The maximum atomic E-state index is 13.2. The van der Waals surface area contributed by atoms with Gasteiger partial charge in [-0.2, -0.15) is 0 Å². The molecule has 11 heteroatoms. The summed E-state index contributed by atoms with van der Waals surface area (Å²) in [6, 6.07) is 26.7. The van der Waals surface area contributed by atoms with E-state index in [9.17, 15) is 19.2 Å². The molecule has 3 aromatic rings. The average molecular weight is 619 g/mol. The Bertz CT molecular complexity index is 1460. The van der Waals surface area contributed by atoms with Crippen LogP contribution in [0, 0.1) is 5.92 Å². The van der Waals surface area contributed by atoms with Crippen LogP contribution in [0.25, 0.3) is 0 Å². The predicted molar refractivity (Wildman–Crippen MR) is 164 cm³/mol. The monoisotopic (exact) mass is 618 g/mol. The third-order valence-corrected chi connectivity index (χ3v) is 8.49. The number of hydrogen-bond donors (Lipinski definition) is 5. The van der Waals surface area contributed by atoms with Crippen LogP contribution in [-0.4, -0.2) is 81.0 Å². The maximum absolute atomic E-state index is 13.2. The van der Waals surface area contributed by atoms with Gasteiger partial charge in [0.1, 0.15) is 11.2 Å². The van der Waals surface area contributed by atoms with E-state index in [0.717, 1.165) is 62.4 Å². The van der Waals surface area contributed by atoms with Crippen LogP contribution in [0.15, 0.2) is 78.9 Å². The third kappa shape index (κ3) is 7.68. The molecule has 0 unspecified atom stereocenters. The average Bonchev–Trinajstić information content (AvgIpc) is 3.67. The minimum Gasteiger partial charge on any atom is -0.493 e. The molecule has 1 fully saturated rings. The summed E-state index contributed by atoms with van der Waals surface area (Å²) in [6.45, 7) is 3.61. The lowest BCUT2D eigenvalue weighted by Crippen LogP contribution is -2.49. The second kappa shape index (κ2) is 14.4. The van der Waals surface area contributed by atoms with Crippen LogP contribution in [0.1, 0.15) is 41.5 Å². The number of carbonyl (C=O) groups is 4. The van der Waals surface area contributed by atoms with Crippen molar-refractivity contribution in [3.05, 3.63) is 101 Å². The van der Waals surface area contributed by atoms with Gasteiger partial charge in [0, 0.05) is 19.5 Å². The van der Waals surface area contributed by atoms with Gasteiger partial charge in [0.25, 0.3) is 0 Å². The minimum atomic E-state index is -2.74. The zero-order chi connectivity index (χ0) is 32.6. The van der Waals surface area contributed by atoms with E-state index in [1.807, 2.05) is 60.7 Å². The van der Waals surface area contributed by atoms with Crippen molar-refractivity contribution in [3.8, 4) is 5.75 Å². The lowest BCUT2D eigenvalue weighted by atomic mass is 9.64. The highest BCUT2D eigenvalue weighted by Crippen LogP contribution is 2.43. The fraction of sp³-hybridized carbons (Fsp3) is 0.353. The number of ether oxygens (including phenoxy) is 1. The maximum Gasteiger partial charge on any atom is 0.336 e. The SMILES string of the molecule is NC(=O)C(c1ccccc1)(c1ccccc1)[C@@H]1CCN(CCc2ccc3c(c2)CCO3)C1.O=C(O)CC(O)(CC(=O)O)C(=O)O. The number of amides is 1. The highest BCUT2D eigenvalue weighted by atomic mass is 16.5. The number of benzene rings is 3. The number of aliphatic hydroxyl groups is 1. The molecule has 0 saturated carbocycles. The molecule has 2 aliphatic rings. The van der Waals surface area contributed by atoms with Crippen LogP contribution < -0.4 is 10.5 Å². The molecular weight excluding hydrogens is 580 g/mol. The molecule has 1 atom stereocenters. The summed E-state index contributed by atoms with van der Waals surface area (Å²) in [4.78, 5) is 46.2. The smallest absolute Gasteiger partial charge is 0.336 e. The first-order valence-electron chi connectivity index (χ1n) is 14.7. The Balaban J connectivity index is 0.000000302. The number of nitrogens with zero attached hydrogens (tertiary/aromatic N) is 1. The Morgan fingerprint density at radius 1 is 0.867 bits per heavy atom. The normalized spacial score (nSPS) is 16.2. The second-order valence-corrected chi connectivity index (χ2v) is 11.5. The number of rotatable bonds is 12. The van der Waals surface area contributed by atoms with E-state index in [1.54, 1.807) is 0 Å². The molecule has 0 aromatic heterocycles. The predicted octanol–water partition coefficient (Wildman–Crippen LogP) is 2.71. The van der Waals surface area contributed by atoms with Crippen molar-refractivity contribution < 1.29 is 44.3 Å². The van der Waals surface area contributed by atoms with Gasteiger partial charge < -0.3 is 35.8 Å². The van der Waals surface area contributed by atoms with Crippen LogP contribution >= 0.6 is 0 Å². The van der Waals surface area contributed by atoms with Gasteiger partial charge in [-0.05, 0) is 53.6 Å². The first kappa shape index (κ1) is 33.2. The van der Waals surface area contributed by atoms with Gasteiger partial charge in [-0.15, -0.1) is 0 Å².